The summed E-state index contributed by atoms with van der Waals surface area (Å²) in [5.41, 5.74) is 1.32. The molecule has 96 valence electrons. The molecule has 0 atom stereocenters. The van der Waals surface area contributed by atoms with Crippen molar-refractivity contribution in [3.63, 3.8) is 0 Å². The van der Waals surface area contributed by atoms with E-state index in [9.17, 15) is 0 Å². The molecule has 2 rings (SSSR count). The average molecular weight is 324 g/mol. The summed E-state index contributed by atoms with van der Waals surface area (Å²) in [6.07, 6.45) is 2.47. The molecule has 0 amide bonds. The van der Waals surface area contributed by atoms with Gasteiger partial charge in [0.2, 0.25) is 0 Å². The number of thiophene rings is 1. The van der Waals surface area contributed by atoms with Crippen LogP contribution in [0.15, 0.2) is 46.3 Å². The monoisotopic (exact) mass is 323 g/mol. The molecule has 0 aliphatic heterocycles. The number of benzene rings is 1. The summed E-state index contributed by atoms with van der Waals surface area (Å²) in [5.74, 6) is 0. The van der Waals surface area contributed by atoms with Crippen molar-refractivity contribution in [1.82, 2.24) is 0 Å². The zero-order chi connectivity index (χ0) is 12.8. The minimum absolute atomic E-state index is 1.00. The Morgan fingerprint density at radius 1 is 1.22 bits per heavy atom. The first-order valence-corrected chi connectivity index (χ1v) is 7.99. The minimum atomic E-state index is 1.00. The number of nitrogens with zero attached hydrogens (tertiary/aromatic N) is 1. The second-order valence-electron chi connectivity index (χ2n) is 4.34. The smallest absolute Gasteiger partial charge is 0.0523 e. The Hall–Kier alpha value is -0.800. The van der Waals surface area contributed by atoms with E-state index in [0.29, 0.717) is 0 Å². The van der Waals surface area contributed by atoms with Gasteiger partial charge in [-0.05, 0) is 40.5 Å². The highest BCUT2D eigenvalue weighted by atomic mass is 79.9. The molecule has 1 nitrogen and oxygen atoms in total. The molecule has 0 spiro atoms. The number of hydrogen-bond acceptors (Lipinski definition) is 2. The summed E-state index contributed by atoms with van der Waals surface area (Å²) in [6, 6.07) is 12.9. The van der Waals surface area contributed by atoms with Crippen LogP contribution in [0.5, 0.6) is 0 Å². The van der Waals surface area contributed by atoms with Crippen molar-refractivity contribution in [3.05, 3.63) is 51.1 Å². The lowest BCUT2D eigenvalue weighted by atomic mass is 10.2. The lowest BCUT2D eigenvalue weighted by Crippen LogP contribution is -2.23. The van der Waals surface area contributed by atoms with E-state index in [2.05, 4.69) is 69.5 Å². The van der Waals surface area contributed by atoms with Gasteiger partial charge in [0.25, 0.3) is 0 Å². The molecule has 0 unspecified atom stereocenters. The maximum atomic E-state index is 3.52. The van der Waals surface area contributed by atoms with Crippen LogP contribution in [0.2, 0.25) is 0 Å². The Labute approximate surface area is 122 Å². The van der Waals surface area contributed by atoms with E-state index in [0.717, 1.165) is 13.1 Å². The van der Waals surface area contributed by atoms with E-state index in [1.54, 1.807) is 0 Å². The first-order valence-electron chi connectivity index (χ1n) is 6.32. The van der Waals surface area contributed by atoms with Gasteiger partial charge in [0, 0.05) is 27.0 Å². The Morgan fingerprint density at radius 2 is 2.00 bits per heavy atom. The average Bonchev–Trinajstić information content (AvgIpc) is 2.81. The molecule has 0 saturated carbocycles. The molecule has 0 aliphatic rings. The van der Waals surface area contributed by atoms with Gasteiger partial charge in [0.1, 0.15) is 0 Å². The fraction of sp³-hybridized carbons (Fsp3) is 0.333. The van der Waals surface area contributed by atoms with Gasteiger partial charge in [-0.3, -0.25) is 0 Å². The second-order valence-corrected chi connectivity index (χ2v) is 6.25. The van der Waals surface area contributed by atoms with Crippen molar-refractivity contribution < 1.29 is 0 Å². The van der Waals surface area contributed by atoms with Crippen molar-refractivity contribution in [2.45, 2.75) is 26.3 Å². The number of para-hydroxylation sites is 1. The van der Waals surface area contributed by atoms with E-state index in [1.165, 1.54) is 27.9 Å². The van der Waals surface area contributed by atoms with Gasteiger partial charge < -0.3 is 4.90 Å². The Kier molecular flexibility index (Phi) is 5.26. The molecule has 0 bridgehead atoms. The fourth-order valence-electron chi connectivity index (χ4n) is 1.91. The third kappa shape index (κ3) is 3.85. The SMILES string of the molecule is CCCCN(Cc1cc(Br)cs1)c1ccccc1. The minimum Gasteiger partial charge on any atom is -0.366 e. The van der Waals surface area contributed by atoms with E-state index >= 15 is 0 Å². The van der Waals surface area contributed by atoms with Crippen LogP contribution in [0.25, 0.3) is 0 Å². The van der Waals surface area contributed by atoms with Crippen molar-refractivity contribution >= 4 is 33.0 Å². The highest BCUT2D eigenvalue weighted by Crippen LogP contribution is 2.24. The topological polar surface area (TPSA) is 3.24 Å². The lowest BCUT2D eigenvalue weighted by molar-refractivity contribution is 0.720. The van der Waals surface area contributed by atoms with Crippen LogP contribution in [0.1, 0.15) is 24.6 Å². The maximum Gasteiger partial charge on any atom is 0.0523 e. The summed E-state index contributed by atoms with van der Waals surface area (Å²) < 4.78 is 1.19. The zero-order valence-electron chi connectivity index (χ0n) is 10.6. The van der Waals surface area contributed by atoms with Crippen LogP contribution in [0.3, 0.4) is 0 Å². The first kappa shape index (κ1) is 13.6. The van der Waals surface area contributed by atoms with Crippen LogP contribution < -0.4 is 4.90 Å². The quantitative estimate of drug-likeness (QED) is 0.695. The van der Waals surface area contributed by atoms with Gasteiger partial charge in [-0.1, -0.05) is 31.5 Å². The van der Waals surface area contributed by atoms with Gasteiger partial charge in [-0.25, -0.2) is 0 Å². The van der Waals surface area contributed by atoms with Gasteiger partial charge in [0.15, 0.2) is 0 Å². The molecular weight excluding hydrogens is 306 g/mol. The molecule has 0 saturated heterocycles. The zero-order valence-corrected chi connectivity index (χ0v) is 13.0. The van der Waals surface area contributed by atoms with Crippen LogP contribution in [0, 0.1) is 0 Å². The molecule has 0 aliphatic carbocycles. The molecule has 0 N–H and O–H groups in total. The normalized spacial score (nSPS) is 10.6. The van der Waals surface area contributed by atoms with E-state index in [4.69, 9.17) is 0 Å². The number of unbranched alkanes of at least 4 members (excludes halogenated alkanes) is 1. The lowest BCUT2D eigenvalue weighted by Gasteiger charge is -2.24. The molecule has 1 heterocycles. The first-order chi connectivity index (χ1) is 8.79. The predicted octanol–water partition coefficient (Wildman–Crippen LogP) is 5.32. The molecule has 0 radical (unpaired) electrons. The van der Waals surface area contributed by atoms with Crippen molar-refractivity contribution in [2.24, 2.45) is 0 Å². The van der Waals surface area contributed by atoms with Crippen molar-refractivity contribution in [2.75, 3.05) is 11.4 Å². The highest BCUT2D eigenvalue weighted by molar-refractivity contribution is 9.10. The van der Waals surface area contributed by atoms with E-state index in [-0.39, 0.29) is 0 Å². The molecular formula is C15H18BrNS. The molecule has 0 fully saturated rings. The fourth-order valence-corrected chi connectivity index (χ4v) is 3.38. The summed E-state index contributed by atoms with van der Waals surface area (Å²) in [5, 5.41) is 2.15. The molecule has 1 aromatic heterocycles. The van der Waals surface area contributed by atoms with Gasteiger partial charge in [-0.2, -0.15) is 0 Å². The highest BCUT2D eigenvalue weighted by Gasteiger charge is 2.08. The molecule has 2 aromatic rings. The van der Waals surface area contributed by atoms with Crippen LogP contribution in [0.4, 0.5) is 5.69 Å². The van der Waals surface area contributed by atoms with Gasteiger partial charge in [0.05, 0.1) is 6.54 Å². The van der Waals surface area contributed by atoms with Crippen molar-refractivity contribution in [3.8, 4) is 0 Å². The molecule has 18 heavy (non-hydrogen) atoms. The number of rotatable bonds is 6. The second kappa shape index (κ2) is 6.95. The summed E-state index contributed by atoms with van der Waals surface area (Å²) in [7, 11) is 0. The third-order valence-corrected chi connectivity index (χ3v) is 4.55. The van der Waals surface area contributed by atoms with Crippen LogP contribution in [-0.4, -0.2) is 6.54 Å². The summed E-state index contributed by atoms with van der Waals surface area (Å²) >= 11 is 5.34. The largest absolute Gasteiger partial charge is 0.366 e. The molecule has 1 aromatic carbocycles. The standard InChI is InChI=1S/C15H18BrNS/c1-2-3-9-17(14-7-5-4-6-8-14)11-15-10-13(16)12-18-15/h4-8,10,12H,2-3,9,11H2,1H3. The number of anilines is 1. The summed E-state index contributed by atoms with van der Waals surface area (Å²) in [6.45, 7) is 4.36. The van der Waals surface area contributed by atoms with Gasteiger partial charge in [-0.15, -0.1) is 11.3 Å². The maximum absolute atomic E-state index is 3.52. The Morgan fingerprint density at radius 3 is 2.61 bits per heavy atom. The van der Waals surface area contributed by atoms with Crippen LogP contribution >= 0.6 is 27.3 Å². The van der Waals surface area contributed by atoms with E-state index < -0.39 is 0 Å². The Balaban J connectivity index is 2.10. The van der Waals surface area contributed by atoms with Gasteiger partial charge >= 0.3 is 0 Å². The van der Waals surface area contributed by atoms with Crippen LogP contribution in [-0.2, 0) is 6.54 Å². The van der Waals surface area contributed by atoms with E-state index in [1.807, 2.05) is 11.3 Å². The predicted molar refractivity (Wildman–Crippen MR) is 84.4 cm³/mol. The number of hydrogen-bond donors (Lipinski definition) is 0. The molecule has 3 heteroatoms. The Bertz CT molecular complexity index is 466. The summed E-state index contributed by atoms with van der Waals surface area (Å²) in [4.78, 5) is 3.86. The van der Waals surface area contributed by atoms with Crippen molar-refractivity contribution in [1.29, 1.82) is 0 Å². The third-order valence-electron chi connectivity index (χ3n) is 2.87. The number of halogens is 1.